The Balaban J connectivity index is 2.15. The predicted molar refractivity (Wildman–Crippen MR) is 79.1 cm³/mol. The summed E-state index contributed by atoms with van der Waals surface area (Å²) in [4.78, 5) is 1.32. The molecule has 0 fully saturated rings. The van der Waals surface area contributed by atoms with Crippen molar-refractivity contribution < 1.29 is 5.11 Å². The molecule has 2 rings (SSSR count). The molecule has 0 aliphatic heterocycles. The Morgan fingerprint density at radius 3 is 1.94 bits per heavy atom. The van der Waals surface area contributed by atoms with Crippen molar-refractivity contribution in [2.24, 2.45) is 0 Å². The van der Waals surface area contributed by atoms with Crippen LogP contribution in [0.25, 0.3) is 11.1 Å². The number of rotatable bonds is 5. The van der Waals surface area contributed by atoms with Gasteiger partial charge in [-0.25, -0.2) is 0 Å². The average molecular weight is 258 g/mol. The highest BCUT2D eigenvalue weighted by atomic mass is 32.2. The van der Waals surface area contributed by atoms with E-state index in [9.17, 15) is 0 Å². The molecule has 0 unspecified atom stereocenters. The molecule has 0 bridgehead atoms. The van der Waals surface area contributed by atoms with Crippen LogP contribution in [0, 0.1) is 0 Å². The first-order chi connectivity index (χ1) is 8.83. The van der Waals surface area contributed by atoms with Crippen molar-refractivity contribution in [1.29, 1.82) is 0 Å². The molecule has 0 aliphatic carbocycles. The molecule has 0 saturated carbocycles. The number of hydrogen-bond donors (Lipinski definition) is 1. The minimum absolute atomic E-state index is 0.211. The Morgan fingerprint density at radius 1 is 0.889 bits per heavy atom. The summed E-state index contributed by atoms with van der Waals surface area (Å²) in [7, 11) is 0. The first-order valence-electron chi connectivity index (χ1n) is 6.26. The summed E-state index contributed by atoms with van der Waals surface area (Å²) in [6, 6.07) is 17.1. The monoisotopic (exact) mass is 258 g/mol. The van der Waals surface area contributed by atoms with E-state index < -0.39 is 0 Å². The van der Waals surface area contributed by atoms with Gasteiger partial charge in [-0.1, -0.05) is 43.3 Å². The van der Waals surface area contributed by atoms with Gasteiger partial charge in [0.25, 0.3) is 0 Å². The molecule has 94 valence electrons. The van der Waals surface area contributed by atoms with Crippen LogP contribution in [0.4, 0.5) is 0 Å². The summed E-state index contributed by atoms with van der Waals surface area (Å²) < 4.78 is 0. The Kier molecular flexibility index (Phi) is 4.85. The number of thioether (sulfide) groups is 1. The van der Waals surface area contributed by atoms with Gasteiger partial charge in [-0.05, 0) is 41.0 Å². The fraction of sp³-hybridized carbons (Fsp3) is 0.250. The van der Waals surface area contributed by atoms with Crippen LogP contribution in [0.15, 0.2) is 53.4 Å². The van der Waals surface area contributed by atoms with E-state index in [1.807, 2.05) is 11.8 Å². The lowest BCUT2D eigenvalue weighted by Crippen LogP contribution is -1.89. The molecule has 0 aromatic heterocycles. The largest absolute Gasteiger partial charge is 0.396 e. The minimum atomic E-state index is 0.211. The van der Waals surface area contributed by atoms with Crippen LogP contribution < -0.4 is 0 Å². The van der Waals surface area contributed by atoms with Crippen molar-refractivity contribution in [3.63, 3.8) is 0 Å². The molecule has 1 N–H and O–H groups in total. The zero-order valence-electron chi connectivity index (χ0n) is 10.6. The van der Waals surface area contributed by atoms with Gasteiger partial charge in [0.05, 0.1) is 0 Å². The van der Waals surface area contributed by atoms with Gasteiger partial charge in [0, 0.05) is 11.5 Å². The van der Waals surface area contributed by atoms with Gasteiger partial charge in [-0.2, -0.15) is 0 Å². The van der Waals surface area contributed by atoms with Crippen molar-refractivity contribution in [3.05, 3.63) is 54.1 Å². The van der Waals surface area contributed by atoms with Gasteiger partial charge in [0.2, 0.25) is 0 Å². The van der Waals surface area contributed by atoms with Gasteiger partial charge >= 0.3 is 0 Å². The lowest BCUT2D eigenvalue weighted by molar-refractivity contribution is 0.299. The lowest BCUT2D eigenvalue weighted by atomic mass is 10.0. The highest BCUT2D eigenvalue weighted by Crippen LogP contribution is 2.24. The zero-order valence-corrected chi connectivity index (χ0v) is 11.4. The lowest BCUT2D eigenvalue weighted by Gasteiger charge is -2.05. The van der Waals surface area contributed by atoms with Crippen LogP contribution in [0.3, 0.4) is 0 Å². The molecule has 0 radical (unpaired) electrons. The van der Waals surface area contributed by atoms with Crippen molar-refractivity contribution in [3.8, 4) is 11.1 Å². The summed E-state index contributed by atoms with van der Waals surface area (Å²) >= 11 is 1.86. The molecule has 18 heavy (non-hydrogen) atoms. The van der Waals surface area contributed by atoms with E-state index in [0.717, 1.165) is 12.2 Å². The van der Waals surface area contributed by atoms with Crippen LogP contribution >= 0.6 is 11.8 Å². The topological polar surface area (TPSA) is 20.2 Å². The minimum Gasteiger partial charge on any atom is -0.396 e. The van der Waals surface area contributed by atoms with E-state index in [4.69, 9.17) is 5.11 Å². The zero-order chi connectivity index (χ0) is 12.8. The van der Waals surface area contributed by atoms with Crippen LogP contribution in [0.5, 0.6) is 0 Å². The van der Waals surface area contributed by atoms with E-state index in [-0.39, 0.29) is 6.61 Å². The summed E-state index contributed by atoms with van der Waals surface area (Å²) in [5.74, 6) is 1.11. The first-order valence-corrected chi connectivity index (χ1v) is 7.25. The molecule has 0 heterocycles. The first kappa shape index (κ1) is 13.2. The van der Waals surface area contributed by atoms with E-state index in [1.54, 1.807) is 0 Å². The molecule has 0 aliphatic rings. The number of aliphatic hydroxyl groups excluding tert-OH is 1. The van der Waals surface area contributed by atoms with E-state index in [1.165, 1.54) is 21.6 Å². The van der Waals surface area contributed by atoms with E-state index in [0.29, 0.717) is 0 Å². The molecule has 1 nitrogen and oxygen atoms in total. The van der Waals surface area contributed by atoms with Crippen LogP contribution in [0.2, 0.25) is 0 Å². The molecule has 0 amide bonds. The fourth-order valence-electron chi connectivity index (χ4n) is 1.90. The maximum Gasteiger partial charge on any atom is 0.0471 e. The SMILES string of the molecule is CCSc1ccc(-c2ccc(CCO)cc2)cc1. The molecule has 0 spiro atoms. The Hall–Kier alpha value is -1.25. The van der Waals surface area contributed by atoms with Gasteiger partial charge in [-0.3, -0.25) is 0 Å². The summed E-state index contributed by atoms with van der Waals surface area (Å²) in [5, 5.41) is 8.88. The molecular weight excluding hydrogens is 240 g/mol. The summed E-state index contributed by atoms with van der Waals surface area (Å²) in [6.07, 6.45) is 0.729. The van der Waals surface area contributed by atoms with Crippen molar-refractivity contribution in [1.82, 2.24) is 0 Å². The number of aliphatic hydroxyl groups is 1. The van der Waals surface area contributed by atoms with Crippen molar-refractivity contribution in [2.75, 3.05) is 12.4 Å². The molecular formula is C16H18OS. The van der Waals surface area contributed by atoms with Gasteiger partial charge < -0.3 is 5.11 Å². The van der Waals surface area contributed by atoms with Gasteiger partial charge in [-0.15, -0.1) is 11.8 Å². The molecule has 2 aromatic carbocycles. The summed E-state index contributed by atoms with van der Waals surface area (Å²) in [5.41, 5.74) is 3.65. The highest BCUT2D eigenvalue weighted by Gasteiger charge is 1.99. The standard InChI is InChI=1S/C16H18OS/c1-2-18-16-9-7-15(8-10-16)14-5-3-13(4-6-14)11-12-17/h3-10,17H,2,11-12H2,1H3. The Morgan fingerprint density at radius 2 is 1.44 bits per heavy atom. The molecule has 2 heteroatoms. The molecule has 2 aromatic rings. The highest BCUT2D eigenvalue weighted by molar-refractivity contribution is 7.99. The van der Waals surface area contributed by atoms with E-state index in [2.05, 4.69) is 55.5 Å². The van der Waals surface area contributed by atoms with Crippen LogP contribution in [-0.2, 0) is 6.42 Å². The maximum absolute atomic E-state index is 8.88. The molecule has 0 atom stereocenters. The van der Waals surface area contributed by atoms with Gasteiger partial charge in [0.1, 0.15) is 0 Å². The second-order valence-corrected chi connectivity index (χ2v) is 5.47. The van der Waals surface area contributed by atoms with Crippen molar-refractivity contribution in [2.45, 2.75) is 18.2 Å². The fourth-order valence-corrected chi connectivity index (χ4v) is 2.57. The average Bonchev–Trinajstić information content (AvgIpc) is 2.41. The smallest absolute Gasteiger partial charge is 0.0471 e. The Bertz CT molecular complexity index is 426. The third-order valence-electron chi connectivity index (χ3n) is 2.85. The van der Waals surface area contributed by atoms with Crippen LogP contribution in [-0.4, -0.2) is 17.5 Å². The number of hydrogen-bond acceptors (Lipinski definition) is 2. The van der Waals surface area contributed by atoms with E-state index >= 15 is 0 Å². The second-order valence-electron chi connectivity index (χ2n) is 4.13. The third-order valence-corrected chi connectivity index (χ3v) is 3.75. The quantitative estimate of drug-likeness (QED) is 0.818. The Labute approximate surface area is 113 Å². The van der Waals surface area contributed by atoms with Crippen molar-refractivity contribution >= 4 is 11.8 Å². The normalized spacial score (nSPS) is 10.6. The van der Waals surface area contributed by atoms with Gasteiger partial charge in [0.15, 0.2) is 0 Å². The molecule has 0 saturated heterocycles. The predicted octanol–water partition coefficient (Wildman–Crippen LogP) is 4.00. The number of benzene rings is 2. The summed E-state index contributed by atoms with van der Waals surface area (Å²) in [6.45, 7) is 2.38. The second kappa shape index (κ2) is 6.62. The third kappa shape index (κ3) is 3.37. The van der Waals surface area contributed by atoms with Crippen LogP contribution in [0.1, 0.15) is 12.5 Å². The maximum atomic E-state index is 8.88.